The summed E-state index contributed by atoms with van der Waals surface area (Å²) in [6.45, 7) is 1.78. The van der Waals surface area contributed by atoms with Crippen LogP contribution in [0.25, 0.3) is 5.69 Å². The maximum atomic E-state index is 12.3. The summed E-state index contributed by atoms with van der Waals surface area (Å²) in [6.07, 6.45) is 5.01. The van der Waals surface area contributed by atoms with E-state index in [9.17, 15) is 9.90 Å². The Morgan fingerprint density at radius 1 is 1.39 bits per heavy atom. The van der Waals surface area contributed by atoms with Crippen molar-refractivity contribution in [3.8, 4) is 5.69 Å². The number of thiophene rings is 1. The highest BCUT2D eigenvalue weighted by Gasteiger charge is 2.25. The number of hydrogen-bond acceptors (Lipinski definition) is 5. The predicted octanol–water partition coefficient (Wildman–Crippen LogP) is 1.97. The smallest absolute Gasteiger partial charge is 0.270 e. The lowest BCUT2D eigenvalue weighted by molar-refractivity contribution is 0.0555. The molecule has 0 radical (unpaired) electrons. The molecule has 0 bridgehead atoms. The molecule has 1 amide bonds. The summed E-state index contributed by atoms with van der Waals surface area (Å²) in [4.78, 5) is 17.2. The maximum absolute atomic E-state index is 12.3. The van der Waals surface area contributed by atoms with Crippen LogP contribution in [0.2, 0.25) is 0 Å². The van der Waals surface area contributed by atoms with Crippen LogP contribution < -0.4 is 5.32 Å². The molecule has 0 aliphatic carbocycles. The molecule has 0 aromatic carbocycles. The van der Waals surface area contributed by atoms with Gasteiger partial charge >= 0.3 is 0 Å². The van der Waals surface area contributed by atoms with E-state index in [0.29, 0.717) is 0 Å². The van der Waals surface area contributed by atoms with Gasteiger partial charge in [0.25, 0.3) is 5.91 Å². The summed E-state index contributed by atoms with van der Waals surface area (Å²) in [5, 5.41) is 19.2. The molecule has 3 aromatic rings. The average Bonchev–Trinajstić information content (AvgIpc) is 3.25. The zero-order valence-electron chi connectivity index (χ0n) is 12.5. The van der Waals surface area contributed by atoms with E-state index in [1.165, 1.54) is 11.3 Å². The molecule has 3 heterocycles. The van der Waals surface area contributed by atoms with Crippen molar-refractivity contribution in [1.82, 2.24) is 20.1 Å². The molecule has 0 saturated carbocycles. The second kappa shape index (κ2) is 6.31. The van der Waals surface area contributed by atoms with Crippen LogP contribution in [0, 0.1) is 0 Å². The van der Waals surface area contributed by atoms with Crippen molar-refractivity contribution in [2.75, 3.05) is 6.54 Å². The first-order valence-corrected chi connectivity index (χ1v) is 7.95. The molecule has 0 aliphatic heterocycles. The number of aromatic nitrogens is 3. The van der Waals surface area contributed by atoms with Crippen LogP contribution in [-0.2, 0) is 5.60 Å². The first kappa shape index (κ1) is 15.4. The van der Waals surface area contributed by atoms with Gasteiger partial charge in [-0.15, -0.1) is 11.3 Å². The first-order chi connectivity index (χ1) is 11.1. The van der Waals surface area contributed by atoms with Gasteiger partial charge in [-0.3, -0.25) is 9.78 Å². The number of nitrogens with one attached hydrogen (secondary N) is 1. The minimum atomic E-state index is -1.11. The maximum Gasteiger partial charge on any atom is 0.270 e. The monoisotopic (exact) mass is 328 g/mol. The van der Waals surface area contributed by atoms with Gasteiger partial charge in [0.15, 0.2) is 0 Å². The predicted molar refractivity (Wildman–Crippen MR) is 87.6 cm³/mol. The molecule has 1 atom stereocenters. The van der Waals surface area contributed by atoms with E-state index < -0.39 is 5.60 Å². The molecule has 0 spiro atoms. The zero-order chi connectivity index (χ0) is 16.3. The number of aliphatic hydroxyl groups is 1. The van der Waals surface area contributed by atoms with E-state index in [2.05, 4.69) is 15.4 Å². The lowest BCUT2D eigenvalue weighted by Gasteiger charge is -2.22. The third kappa shape index (κ3) is 3.46. The second-order valence-corrected chi connectivity index (χ2v) is 6.23. The summed E-state index contributed by atoms with van der Waals surface area (Å²) in [5.41, 5.74) is -0.0798. The SMILES string of the molecule is CC(O)(CNC(=O)c1cc(-n2cccn2)ccn1)c1cccs1. The summed E-state index contributed by atoms with van der Waals surface area (Å²) in [7, 11) is 0. The summed E-state index contributed by atoms with van der Waals surface area (Å²) in [6, 6.07) is 8.94. The molecule has 0 aliphatic rings. The molecule has 2 N–H and O–H groups in total. The Bertz CT molecular complexity index is 782. The van der Waals surface area contributed by atoms with Gasteiger partial charge in [-0.2, -0.15) is 5.10 Å². The van der Waals surface area contributed by atoms with Crippen molar-refractivity contribution in [2.24, 2.45) is 0 Å². The average molecular weight is 328 g/mol. The highest BCUT2D eigenvalue weighted by atomic mass is 32.1. The van der Waals surface area contributed by atoms with E-state index in [4.69, 9.17) is 0 Å². The number of carbonyl (C=O) groups is 1. The molecular weight excluding hydrogens is 312 g/mol. The van der Waals surface area contributed by atoms with Gasteiger partial charge in [-0.25, -0.2) is 4.68 Å². The lowest BCUT2D eigenvalue weighted by atomic mass is 10.1. The van der Waals surface area contributed by atoms with Crippen LogP contribution >= 0.6 is 11.3 Å². The topological polar surface area (TPSA) is 80.0 Å². The van der Waals surface area contributed by atoms with E-state index in [0.717, 1.165) is 10.6 Å². The van der Waals surface area contributed by atoms with Crippen LogP contribution in [-0.4, -0.2) is 32.3 Å². The van der Waals surface area contributed by atoms with Crippen LogP contribution in [0.5, 0.6) is 0 Å². The van der Waals surface area contributed by atoms with Gasteiger partial charge in [0.2, 0.25) is 0 Å². The molecular formula is C16H16N4O2S. The fourth-order valence-corrected chi connectivity index (χ4v) is 2.91. The van der Waals surface area contributed by atoms with Crippen molar-refractivity contribution in [1.29, 1.82) is 0 Å². The Labute approximate surface area is 137 Å². The van der Waals surface area contributed by atoms with Crippen LogP contribution in [0.15, 0.2) is 54.3 Å². The van der Waals surface area contributed by atoms with Gasteiger partial charge in [0.1, 0.15) is 11.3 Å². The highest BCUT2D eigenvalue weighted by molar-refractivity contribution is 7.10. The molecule has 118 valence electrons. The Kier molecular flexibility index (Phi) is 4.22. The highest BCUT2D eigenvalue weighted by Crippen LogP contribution is 2.24. The number of amides is 1. The molecule has 0 saturated heterocycles. The molecule has 3 aromatic heterocycles. The number of pyridine rings is 1. The van der Waals surface area contributed by atoms with Gasteiger partial charge in [0.05, 0.1) is 12.2 Å². The van der Waals surface area contributed by atoms with E-state index in [-0.39, 0.29) is 18.1 Å². The number of hydrogen-bond donors (Lipinski definition) is 2. The quantitative estimate of drug-likeness (QED) is 0.750. The molecule has 0 fully saturated rings. The van der Waals surface area contributed by atoms with E-state index in [1.54, 1.807) is 48.4 Å². The zero-order valence-corrected chi connectivity index (χ0v) is 13.3. The Morgan fingerprint density at radius 3 is 2.96 bits per heavy atom. The second-order valence-electron chi connectivity index (χ2n) is 5.28. The van der Waals surface area contributed by atoms with Gasteiger partial charge < -0.3 is 10.4 Å². The number of nitrogens with zero attached hydrogens (tertiary/aromatic N) is 3. The van der Waals surface area contributed by atoms with E-state index in [1.807, 2.05) is 17.5 Å². The lowest BCUT2D eigenvalue weighted by Crippen LogP contribution is -2.38. The van der Waals surface area contributed by atoms with Gasteiger partial charge in [0, 0.05) is 23.5 Å². The molecule has 3 rings (SSSR count). The van der Waals surface area contributed by atoms with Gasteiger partial charge in [-0.1, -0.05) is 6.07 Å². The number of rotatable bonds is 5. The molecule has 23 heavy (non-hydrogen) atoms. The molecule has 1 unspecified atom stereocenters. The molecule has 6 nitrogen and oxygen atoms in total. The van der Waals surface area contributed by atoms with Crippen molar-refractivity contribution in [3.05, 3.63) is 64.9 Å². The van der Waals surface area contributed by atoms with Crippen molar-refractivity contribution in [3.63, 3.8) is 0 Å². The first-order valence-electron chi connectivity index (χ1n) is 7.07. The Morgan fingerprint density at radius 2 is 2.26 bits per heavy atom. The third-order valence-electron chi connectivity index (χ3n) is 3.39. The van der Waals surface area contributed by atoms with Crippen LogP contribution in [0.3, 0.4) is 0 Å². The van der Waals surface area contributed by atoms with Crippen molar-refractivity contribution < 1.29 is 9.90 Å². The normalized spacial score (nSPS) is 13.5. The standard InChI is InChI=1S/C16H16N4O2S/c1-16(22,14-4-2-9-23-14)11-18-15(21)13-10-12(5-7-17-13)20-8-3-6-19-20/h2-10,22H,11H2,1H3,(H,18,21). The van der Waals surface area contributed by atoms with Crippen LogP contribution in [0.4, 0.5) is 0 Å². The molecule has 7 heteroatoms. The number of carbonyl (C=O) groups excluding carboxylic acids is 1. The summed E-state index contributed by atoms with van der Waals surface area (Å²) < 4.78 is 1.65. The van der Waals surface area contributed by atoms with Gasteiger partial charge in [-0.05, 0) is 36.6 Å². The fourth-order valence-electron chi connectivity index (χ4n) is 2.12. The largest absolute Gasteiger partial charge is 0.383 e. The summed E-state index contributed by atoms with van der Waals surface area (Å²) in [5.74, 6) is -0.337. The van der Waals surface area contributed by atoms with Crippen molar-refractivity contribution in [2.45, 2.75) is 12.5 Å². The third-order valence-corrected chi connectivity index (χ3v) is 4.51. The Hall–Kier alpha value is -2.51. The minimum Gasteiger partial charge on any atom is -0.383 e. The van der Waals surface area contributed by atoms with Crippen LogP contribution in [0.1, 0.15) is 22.3 Å². The van der Waals surface area contributed by atoms with Crippen molar-refractivity contribution >= 4 is 17.2 Å². The summed E-state index contributed by atoms with van der Waals surface area (Å²) >= 11 is 1.45. The minimum absolute atomic E-state index is 0.111. The Balaban J connectivity index is 1.70. The fraction of sp³-hybridized carbons (Fsp3) is 0.188. The van der Waals surface area contributed by atoms with E-state index >= 15 is 0 Å².